The number of aliphatic hydroxyl groups excluding tert-OH is 1. The zero-order valence-electron chi connectivity index (χ0n) is 27.2. The van der Waals surface area contributed by atoms with Gasteiger partial charge < -0.3 is 24.5 Å². The molecule has 0 aliphatic carbocycles. The number of benzene rings is 1. The molecule has 7 atom stereocenters. The van der Waals surface area contributed by atoms with Crippen LogP contribution in [-0.4, -0.2) is 91.4 Å². The van der Waals surface area contributed by atoms with Gasteiger partial charge in [-0.05, 0) is 44.1 Å². The molecule has 1 N–H and O–H groups in total. The van der Waals surface area contributed by atoms with Crippen molar-refractivity contribution in [1.29, 1.82) is 0 Å². The third-order valence-corrected chi connectivity index (χ3v) is 10.3. The van der Waals surface area contributed by atoms with Crippen LogP contribution in [0.2, 0.25) is 0 Å². The minimum Gasteiger partial charge on any atom is -0.394 e. The largest absolute Gasteiger partial charge is 0.394 e. The van der Waals surface area contributed by atoms with Gasteiger partial charge in [-0.15, -0.1) is 13.2 Å². The van der Waals surface area contributed by atoms with Crippen molar-refractivity contribution in [3.63, 3.8) is 0 Å². The molecule has 242 valence electrons. The predicted octanol–water partition coefficient (Wildman–Crippen LogP) is 4.95. The SMILES string of the molecule is C=CCN(Cc1ccccc1)C(=O)[C@H]1[C@H]2C(=O)N([C@@H](CC)CO)C(C(=O)N(CC=C)C(C)(C)CC(C)(C)C)C23CC(Br)[C@@H]1O3. The van der Waals surface area contributed by atoms with Crippen LogP contribution in [0.5, 0.6) is 0 Å². The van der Waals surface area contributed by atoms with Crippen molar-refractivity contribution >= 4 is 33.7 Å². The molecule has 1 spiro atoms. The average Bonchev–Trinajstić information content (AvgIpc) is 3.54. The Hall–Kier alpha value is -2.49. The number of fused-ring (bicyclic) bond motifs is 1. The summed E-state index contributed by atoms with van der Waals surface area (Å²) in [6, 6.07) is 8.15. The van der Waals surface area contributed by atoms with Gasteiger partial charge in [0.1, 0.15) is 11.6 Å². The van der Waals surface area contributed by atoms with Crippen LogP contribution in [-0.2, 0) is 25.7 Å². The molecule has 44 heavy (non-hydrogen) atoms. The van der Waals surface area contributed by atoms with E-state index in [0.717, 1.165) is 12.0 Å². The van der Waals surface area contributed by atoms with Crippen LogP contribution in [0.3, 0.4) is 0 Å². The van der Waals surface area contributed by atoms with Crippen molar-refractivity contribution in [2.45, 2.75) is 102 Å². The van der Waals surface area contributed by atoms with Crippen LogP contribution < -0.4 is 0 Å². The number of hydrogen-bond donors (Lipinski definition) is 1. The van der Waals surface area contributed by atoms with Crippen molar-refractivity contribution in [3.8, 4) is 0 Å². The Bertz CT molecular complexity index is 1240. The number of rotatable bonds is 13. The summed E-state index contributed by atoms with van der Waals surface area (Å²) in [5.74, 6) is -2.35. The number of nitrogens with zero attached hydrogens (tertiary/aromatic N) is 3. The molecule has 3 amide bonds. The summed E-state index contributed by atoms with van der Waals surface area (Å²) in [5.41, 5.74) is -0.874. The molecule has 1 aromatic carbocycles. The lowest BCUT2D eigenvalue weighted by Crippen LogP contribution is -2.62. The Morgan fingerprint density at radius 3 is 2.32 bits per heavy atom. The predicted molar refractivity (Wildman–Crippen MR) is 176 cm³/mol. The first-order valence-electron chi connectivity index (χ1n) is 15.8. The Kier molecular flexibility index (Phi) is 10.2. The first-order chi connectivity index (χ1) is 20.7. The Morgan fingerprint density at radius 1 is 1.14 bits per heavy atom. The molecule has 0 saturated carbocycles. The number of amides is 3. The summed E-state index contributed by atoms with van der Waals surface area (Å²) in [7, 11) is 0. The Labute approximate surface area is 271 Å². The fraction of sp³-hybridized carbons (Fsp3) is 0.629. The van der Waals surface area contributed by atoms with Crippen LogP contribution in [0, 0.1) is 17.3 Å². The molecule has 9 heteroatoms. The maximum Gasteiger partial charge on any atom is 0.249 e. The molecule has 3 aliphatic heterocycles. The lowest BCUT2D eigenvalue weighted by Gasteiger charge is -2.46. The highest BCUT2D eigenvalue weighted by molar-refractivity contribution is 9.09. The molecule has 8 nitrogen and oxygen atoms in total. The highest BCUT2D eigenvalue weighted by Crippen LogP contribution is 2.61. The van der Waals surface area contributed by atoms with Crippen molar-refractivity contribution in [2.24, 2.45) is 17.3 Å². The highest BCUT2D eigenvalue weighted by atomic mass is 79.9. The van der Waals surface area contributed by atoms with Crippen LogP contribution >= 0.6 is 15.9 Å². The van der Waals surface area contributed by atoms with E-state index in [9.17, 15) is 19.5 Å². The summed E-state index contributed by atoms with van der Waals surface area (Å²) < 4.78 is 6.79. The number of halogens is 1. The first kappa shape index (κ1) is 34.4. The van der Waals surface area contributed by atoms with Gasteiger partial charge in [-0.2, -0.15) is 0 Å². The molecular formula is C35H50BrN3O5. The normalized spacial score (nSPS) is 28.5. The van der Waals surface area contributed by atoms with Gasteiger partial charge in [-0.3, -0.25) is 14.4 Å². The molecule has 2 bridgehead atoms. The van der Waals surface area contributed by atoms with Crippen LogP contribution in [0.4, 0.5) is 0 Å². The van der Waals surface area contributed by atoms with Crippen molar-refractivity contribution < 1.29 is 24.2 Å². The average molecular weight is 673 g/mol. The van der Waals surface area contributed by atoms with Gasteiger partial charge in [-0.25, -0.2) is 0 Å². The maximum atomic E-state index is 14.9. The minimum absolute atomic E-state index is 0.0690. The summed E-state index contributed by atoms with van der Waals surface area (Å²) >= 11 is 3.79. The van der Waals surface area contributed by atoms with E-state index < -0.39 is 41.2 Å². The van der Waals surface area contributed by atoms with Gasteiger partial charge in [0.05, 0.1) is 30.6 Å². The van der Waals surface area contributed by atoms with Crippen LogP contribution in [0.15, 0.2) is 55.6 Å². The lowest BCUT2D eigenvalue weighted by atomic mass is 9.70. The summed E-state index contributed by atoms with van der Waals surface area (Å²) in [6.07, 6.45) is 4.42. The van der Waals surface area contributed by atoms with Gasteiger partial charge in [0, 0.05) is 30.0 Å². The van der Waals surface area contributed by atoms with E-state index in [1.165, 1.54) is 0 Å². The van der Waals surface area contributed by atoms with Gasteiger partial charge in [0.2, 0.25) is 17.7 Å². The molecule has 0 radical (unpaired) electrons. The smallest absolute Gasteiger partial charge is 0.249 e. The molecule has 1 aromatic rings. The van der Waals surface area contributed by atoms with Crippen LogP contribution in [0.25, 0.3) is 0 Å². The van der Waals surface area contributed by atoms with Gasteiger partial charge in [-0.1, -0.05) is 86.1 Å². The van der Waals surface area contributed by atoms with E-state index >= 15 is 0 Å². The third kappa shape index (κ3) is 6.16. The summed E-state index contributed by atoms with van der Waals surface area (Å²) in [6.45, 7) is 20.9. The van der Waals surface area contributed by atoms with Crippen molar-refractivity contribution in [2.75, 3.05) is 19.7 Å². The third-order valence-electron chi connectivity index (χ3n) is 9.47. The van der Waals surface area contributed by atoms with Crippen molar-refractivity contribution in [1.82, 2.24) is 14.7 Å². The molecule has 3 aliphatic rings. The van der Waals surface area contributed by atoms with Gasteiger partial charge in [0.25, 0.3) is 0 Å². The first-order valence-corrected chi connectivity index (χ1v) is 16.7. The summed E-state index contributed by atoms with van der Waals surface area (Å²) in [4.78, 5) is 48.9. The molecule has 3 unspecified atom stereocenters. The second-order valence-electron chi connectivity index (χ2n) is 14.4. The zero-order chi connectivity index (χ0) is 32.6. The van der Waals surface area contributed by atoms with E-state index in [-0.39, 0.29) is 34.6 Å². The van der Waals surface area contributed by atoms with Gasteiger partial charge in [0.15, 0.2) is 0 Å². The molecule has 0 aromatic heterocycles. The number of ether oxygens (including phenoxy) is 1. The standard InChI is InChI=1S/C35H50BrN3O5/c1-9-17-37(20-23-15-13-12-14-16-23)30(41)26-27-31(42)39(24(11-3)21-40)29(35(27)19-25(36)28(26)44-35)32(43)38(18-10-2)34(7,8)22-33(4,5)6/h9-10,12-16,24-29,40H,1-2,11,17-22H2,3-8H3/t24-,25?,26-,27-,28-,29?,35?/m0/s1. The minimum atomic E-state index is -1.21. The van der Waals surface area contributed by atoms with E-state index in [4.69, 9.17) is 4.74 Å². The molecular weight excluding hydrogens is 622 g/mol. The summed E-state index contributed by atoms with van der Waals surface area (Å²) in [5, 5.41) is 10.5. The highest BCUT2D eigenvalue weighted by Gasteiger charge is 2.77. The van der Waals surface area contributed by atoms with E-state index in [1.807, 2.05) is 56.0 Å². The second-order valence-corrected chi connectivity index (χ2v) is 15.6. The quantitative estimate of drug-likeness (QED) is 0.237. The molecule has 4 rings (SSSR count). The maximum absolute atomic E-state index is 14.9. The number of carbonyl (C=O) groups is 3. The number of aliphatic hydroxyl groups is 1. The zero-order valence-corrected chi connectivity index (χ0v) is 28.8. The fourth-order valence-electron chi connectivity index (χ4n) is 8.14. The topological polar surface area (TPSA) is 90.4 Å². The number of alkyl halides is 1. The van der Waals surface area contributed by atoms with E-state index in [2.05, 4.69) is 49.9 Å². The second kappa shape index (κ2) is 13.1. The molecule has 3 fully saturated rings. The lowest BCUT2D eigenvalue weighted by molar-refractivity contribution is -0.156. The van der Waals surface area contributed by atoms with Crippen molar-refractivity contribution in [3.05, 3.63) is 61.2 Å². The Balaban J connectivity index is 1.81. The van der Waals surface area contributed by atoms with E-state index in [1.54, 1.807) is 22.0 Å². The van der Waals surface area contributed by atoms with E-state index in [0.29, 0.717) is 32.5 Å². The van der Waals surface area contributed by atoms with Crippen LogP contribution in [0.1, 0.15) is 66.4 Å². The van der Waals surface area contributed by atoms with Gasteiger partial charge >= 0.3 is 0 Å². The number of likely N-dealkylation sites (tertiary alicyclic amines) is 1. The molecule has 3 saturated heterocycles. The Morgan fingerprint density at radius 2 is 1.77 bits per heavy atom. The fourth-order valence-corrected chi connectivity index (χ4v) is 9.09. The number of hydrogen-bond acceptors (Lipinski definition) is 5. The number of carbonyl (C=O) groups excluding carboxylic acids is 3. The molecule has 3 heterocycles. The monoisotopic (exact) mass is 671 g/mol.